The molecule has 1 aliphatic heterocycles. The molecule has 2 heterocycles. The second kappa shape index (κ2) is 7.03. The zero-order valence-electron chi connectivity index (χ0n) is 14.3. The van der Waals surface area contributed by atoms with E-state index in [4.69, 9.17) is 0 Å². The monoisotopic (exact) mass is 344 g/mol. The number of nitrogens with zero attached hydrogens (tertiary/aromatic N) is 2. The van der Waals surface area contributed by atoms with Crippen molar-refractivity contribution >= 4 is 9.84 Å². The molecular formula is C19H24N2O2S. The van der Waals surface area contributed by atoms with Gasteiger partial charge < -0.3 is 0 Å². The highest BCUT2D eigenvalue weighted by molar-refractivity contribution is 7.89. The zero-order chi connectivity index (χ0) is 17.2. The highest BCUT2D eigenvalue weighted by atomic mass is 32.2. The van der Waals surface area contributed by atoms with Crippen molar-refractivity contribution in [2.45, 2.75) is 31.6 Å². The Bertz CT molecular complexity index is 794. The van der Waals surface area contributed by atoms with E-state index >= 15 is 0 Å². The molecule has 0 spiro atoms. The standard InChI is InChI=1S/C19H24N2O2S/c1-15(21-10-3-4-11-21)17-6-5-7-18(12-17)19-9-8-16(13-20-19)14-24(2,22)23/h5-9,12-13,15H,3-4,10-11,14H2,1-2H3/t15-/m0/s1. The Morgan fingerprint density at radius 2 is 1.92 bits per heavy atom. The summed E-state index contributed by atoms with van der Waals surface area (Å²) in [6, 6.07) is 12.7. The van der Waals surface area contributed by atoms with E-state index in [1.807, 2.05) is 12.1 Å². The molecule has 0 saturated carbocycles. The minimum atomic E-state index is -3.03. The third-order valence-corrected chi connectivity index (χ3v) is 5.46. The molecule has 0 N–H and O–H groups in total. The minimum Gasteiger partial charge on any atom is -0.297 e. The van der Waals surface area contributed by atoms with Crippen LogP contribution >= 0.6 is 0 Å². The average molecular weight is 344 g/mol. The molecule has 0 unspecified atom stereocenters. The molecule has 5 heteroatoms. The maximum Gasteiger partial charge on any atom is 0.151 e. The highest BCUT2D eigenvalue weighted by Crippen LogP contribution is 2.27. The van der Waals surface area contributed by atoms with Gasteiger partial charge in [0, 0.05) is 24.1 Å². The lowest BCUT2D eigenvalue weighted by molar-refractivity contribution is 0.263. The van der Waals surface area contributed by atoms with Gasteiger partial charge in [0.05, 0.1) is 11.4 Å². The van der Waals surface area contributed by atoms with E-state index in [1.54, 1.807) is 6.20 Å². The third kappa shape index (κ3) is 4.22. The second-order valence-corrected chi connectivity index (χ2v) is 8.81. The molecule has 3 rings (SSSR count). The number of rotatable bonds is 5. The predicted octanol–water partition coefficient (Wildman–Crippen LogP) is 3.45. The lowest BCUT2D eigenvalue weighted by atomic mass is 10.0. The molecule has 1 fully saturated rings. The minimum absolute atomic E-state index is 0.0340. The molecule has 0 aliphatic carbocycles. The first-order chi connectivity index (χ1) is 11.4. The molecule has 2 aromatic rings. The first-order valence-electron chi connectivity index (χ1n) is 8.39. The SMILES string of the molecule is C[C@@H](c1cccc(-c2ccc(CS(C)(=O)=O)cn2)c1)N1CCCC1. The summed E-state index contributed by atoms with van der Waals surface area (Å²) in [6.45, 7) is 4.60. The van der Waals surface area contributed by atoms with Crippen LogP contribution in [0.1, 0.15) is 36.9 Å². The van der Waals surface area contributed by atoms with Crippen LogP contribution in [0.2, 0.25) is 0 Å². The van der Waals surface area contributed by atoms with Crippen LogP contribution in [0.5, 0.6) is 0 Å². The van der Waals surface area contributed by atoms with Gasteiger partial charge in [0.15, 0.2) is 9.84 Å². The Labute approximate surface area is 144 Å². The van der Waals surface area contributed by atoms with Crippen molar-refractivity contribution in [3.05, 3.63) is 53.7 Å². The molecule has 128 valence electrons. The van der Waals surface area contributed by atoms with Gasteiger partial charge in [0.25, 0.3) is 0 Å². The lowest BCUT2D eigenvalue weighted by Gasteiger charge is -2.24. The summed E-state index contributed by atoms with van der Waals surface area (Å²) >= 11 is 0. The molecular weight excluding hydrogens is 320 g/mol. The van der Waals surface area contributed by atoms with Crippen LogP contribution in [0, 0.1) is 0 Å². The van der Waals surface area contributed by atoms with E-state index in [1.165, 1.54) is 37.8 Å². The first-order valence-corrected chi connectivity index (χ1v) is 10.5. The highest BCUT2D eigenvalue weighted by Gasteiger charge is 2.19. The molecule has 1 saturated heterocycles. The van der Waals surface area contributed by atoms with Crippen LogP contribution in [0.3, 0.4) is 0 Å². The Morgan fingerprint density at radius 1 is 1.17 bits per heavy atom. The van der Waals surface area contributed by atoms with Gasteiger partial charge in [-0.25, -0.2) is 8.42 Å². The van der Waals surface area contributed by atoms with E-state index in [2.05, 4.69) is 41.1 Å². The number of hydrogen-bond donors (Lipinski definition) is 0. The molecule has 1 aromatic carbocycles. The van der Waals surface area contributed by atoms with Crippen molar-refractivity contribution in [2.24, 2.45) is 0 Å². The van der Waals surface area contributed by atoms with Gasteiger partial charge >= 0.3 is 0 Å². The molecule has 4 nitrogen and oxygen atoms in total. The first kappa shape index (κ1) is 17.1. The molecule has 1 aliphatic rings. The van der Waals surface area contributed by atoms with Gasteiger partial charge in [-0.15, -0.1) is 0 Å². The third-order valence-electron chi connectivity index (χ3n) is 4.61. The predicted molar refractivity (Wildman–Crippen MR) is 97.4 cm³/mol. The number of aromatic nitrogens is 1. The van der Waals surface area contributed by atoms with Crippen molar-refractivity contribution in [1.82, 2.24) is 9.88 Å². The Hall–Kier alpha value is -1.72. The van der Waals surface area contributed by atoms with Crippen LogP contribution < -0.4 is 0 Å². The Morgan fingerprint density at radius 3 is 2.54 bits per heavy atom. The summed E-state index contributed by atoms with van der Waals surface area (Å²) in [6.07, 6.45) is 5.47. The van der Waals surface area contributed by atoms with Gasteiger partial charge in [-0.05, 0) is 56.1 Å². The van der Waals surface area contributed by atoms with Crippen LogP contribution in [-0.4, -0.2) is 37.6 Å². The second-order valence-electron chi connectivity index (χ2n) is 6.67. The van der Waals surface area contributed by atoms with Crippen molar-refractivity contribution in [2.75, 3.05) is 19.3 Å². The van der Waals surface area contributed by atoms with Crippen LogP contribution in [0.4, 0.5) is 0 Å². The van der Waals surface area contributed by atoms with E-state index in [0.717, 1.165) is 16.8 Å². The largest absolute Gasteiger partial charge is 0.297 e. The lowest BCUT2D eigenvalue weighted by Crippen LogP contribution is -2.23. The van der Waals surface area contributed by atoms with Crippen molar-refractivity contribution in [3.63, 3.8) is 0 Å². The van der Waals surface area contributed by atoms with Crippen LogP contribution in [0.15, 0.2) is 42.6 Å². The Balaban J connectivity index is 1.80. The summed E-state index contributed by atoms with van der Waals surface area (Å²) in [7, 11) is -3.03. The molecule has 1 atom stereocenters. The molecule has 24 heavy (non-hydrogen) atoms. The summed E-state index contributed by atoms with van der Waals surface area (Å²) < 4.78 is 22.7. The molecule has 0 bridgehead atoms. The van der Waals surface area contributed by atoms with E-state index < -0.39 is 9.84 Å². The maximum absolute atomic E-state index is 11.4. The fourth-order valence-corrected chi connectivity index (χ4v) is 4.06. The normalized spacial score (nSPS) is 17.1. The van der Waals surface area contributed by atoms with Gasteiger partial charge in [0.2, 0.25) is 0 Å². The number of pyridine rings is 1. The van der Waals surface area contributed by atoms with Crippen LogP contribution in [-0.2, 0) is 15.6 Å². The summed E-state index contributed by atoms with van der Waals surface area (Å²) in [5.74, 6) is 0.0340. The summed E-state index contributed by atoms with van der Waals surface area (Å²) in [4.78, 5) is 6.97. The Kier molecular flexibility index (Phi) is 5.01. The fourth-order valence-electron chi connectivity index (χ4n) is 3.28. The summed E-state index contributed by atoms with van der Waals surface area (Å²) in [5, 5.41) is 0. The number of sulfone groups is 1. The molecule has 0 amide bonds. The smallest absolute Gasteiger partial charge is 0.151 e. The number of hydrogen-bond acceptors (Lipinski definition) is 4. The fraction of sp³-hybridized carbons (Fsp3) is 0.421. The molecule has 1 aromatic heterocycles. The van der Waals surface area contributed by atoms with Gasteiger partial charge in [-0.3, -0.25) is 9.88 Å². The van der Waals surface area contributed by atoms with Crippen molar-refractivity contribution in [3.8, 4) is 11.3 Å². The average Bonchev–Trinajstić information content (AvgIpc) is 3.08. The maximum atomic E-state index is 11.4. The van der Waals surface area contributed by atoms with Crippen molar-refractivity contribution < 1.29 is 8.42 Å². The van der Waals surface area contributed by atoms with E-state index in [9.17, 15) is 8.42 Å². The van der Waals surface area contributed by atoms with E-state index in [0.29, 0.717) is 6.04 Å². The van der Waals surface area contributed by atoms with Crippen LogP contribution in [0.25, 0.3) is 11.3 Å². The topological polar surface area (TPSA) is 50.3 Å². The summed E-state index contributed by atoms with van der Waals surface area (Å²) in [5.41, 5.74) is 3.98. The number of benzene rings is 1. The van der Waals surface area contributed by atoms with Gasteiger partial charge in [-0.1, -0.05) is 24.3 Å². The zero-order valence-corrected chi connectivity index (χ0v) is 15.1. The van der Waals surface area contributed by atoms with Crippen molar-refractivity contribution in [1.29, 1.82) is 0 Å². The molecule has 0 radical (unpaired) electrons. The number of likely N-dealkylation sites (tertiary alicyclic amines) is 1. The van der Waals surface area contributed by atoms with Gasteiger partial charge in [0.1, 0.15) is 0 Å². The van der Waals surface area contributed by atoms with E-state index in [-0.39, 0.29) is 5.75 Å². The van der Waals surface area contributed by atoms with Gasteiger partial charge in [-0.2, -0.15) is 0 Å². The quantitative estimate of drug-likeness (QED) is 0.833.